The summed E-state index contributed by atoms with van der Waals surface area (Å²) in [5.41, 5.74) is 1.95. The number of carbonyl (C=O) groups is 1. The van der Waals surface area contributed by atoms with Crippen molar-refractivity contribution in [2.75, 3.05) is 32.6 Å². The number of hydrogen-bond donors (Lipinski definition) is 2. The highest BCUT2D eigenvalue weighted by Crippen LogP contribution is 2.17. The average Bonchev–Trinajstić information content (AvgIpc) is 2.41. The third-order valence-corrected chi connectivity index (χ3v) is 2.97. The minimum absolute atomic E-state index is 0.212. The first-order valence-electron chi connectivity index (χ1n) is 6.85. The molecule has 0 aliphatic heterocycles. The summed E-state index contributed by atoms with van der Waals surface area (Å²) in [6, 6.07) is 7.53. The fourth-order valence-corrected chi connectivity index (χ4v) is 1.98. The van der Waals surface area contributed by atoms with E-state index in [1.807, 2.05) is 24.3 Å². The summed E-state index contributed by atoms with van der Waals surface area (Å²) in [4.78, 5) is 13.5. The van der Waals surface area contributed by atoms with Crippen molar-refractivity contribution in [3.63, 3.8) is 0 Å². The Morgan fingerprint density at radius 3 is 2.80 bits per heavy atom. The van der Waals surface area contributed by atoms with Gasteiger partial charge >= 0.3 is 6.03 Å². The van der Waals surface area contributed by atoms with Crippen LogP contribution in [0.5, 0.6) is 0 Å². The number of aliphatic hydroxyl groups excluding tert-OH is 1. The van der Waals surface area contributed by atoms with Crippen LogP contribution in [0.2, 0.25) is 0 Å². The maximum atomic E-state index is 12.1. The van der Waals surface area contributed by atoms with Gasteiger partial charge in [-0.05, 0) is 18.1 Å². The zero-order chi connectivity index (χ0) is 15.0. The Balaban J connectivity index is 2.61. The molecule has 112 valence electrons. The van der Waals surface area contributed by atoms with Crippen LogP contribution in [0.15, 0.2) is 24.3 Å². The number of para-hydroxylation sites is 1. The predicted octanol–water partition coefficient (Wildman–Crippen LogP) is 2.11. The SMILES string of the molecule is CCCc1ccccc1NC(=O)N(C)CC(O)COC. The number of likely N-dealkylation sites (N-methyl/N-ethyl adjacent to an activating group) is 1. The monoisotopic (exact) mass is 280 g/mol. The summed E-state index contributed by atoms with van der Waals surface area (Å²) in [7, 11) is 3.17. The first-order chi connectivity index (χ1) is 9.58. The minimum Gasteiger partial charge on any atom is -0.389 e. The van der Waals surface area contributed by atoms with Crippen molar-refractivity contribution in [2.45, 2.75) is 25.9 Å². The van der Waals surface area contributed by atoms with E-state index in [1.165, 1.54) is 12.0 Å². The number of ether oxygens (including phenoxy) is 1. The second-order valence-corrected chi connectivity index (χ2v) is 4.83. The van der Waals surface area contributed by atoms with Gasteiger partial charge in [0.2, 0.25) is 0 Å². The van der Waals surface area contributed by atoms with Gasteiger partial charge in [-0.1, -0.05) is 31.5 Å². The van der Waals surface area contributed by atoms with Crippen molar-refractivity contribution in [3.8, 4) is 0 Å². The maximum absolute atomic E-state index is 12.1. The molecule has 0 fully saturated rings. The summed E-state index contributed by atoms with van der Waals surface area (Å²) in [5, 5.41) is 12.5. The first-order valence-corrected chi connectivity index (χ1v) is 6.85. The quantitative estimate of drug-likeness (QED) is 0.804. The number of carbonyl (C=O) groups excluding carboxylic acids is 1. The van der Waals surface area contributed by atoms with Crippen molar-refractivity contribution < 1.29 is 14.6 Å². The number of nitrogens with zero attached hydrogens (tertiary/aromatic N) is 1. The van der Waals surface area contributed by atoms with Gasteiger partial charge in [-0.2, -0.15) is 0 Å². The fourth-order valence-electron chi connectivity index (χ4n) is 1.98. The number of aryl methyl sites for hydroxylation is 1. The molecule has 1 aromatic carbocycles. The smallest absolute Gasteiger partial charge is 0.321 e. The van der Waals surface area contributed by atoms with Crippen molar-refractivity contribution in [1.82, 2.24) is 4.90 Å². The molecule has 0 radical (unpaired) electrons. The molecule has 1 atom stereocenters. The van der Waals surface area contributed by atoms with Gasteiger partial charge < -0.3 is 20.1 Å². The molecule has 0 aliphatic rings. The molecule has 0 spiro atoms. The summed E-state index contributed by atoms with van der Waals surface area (Å²) in [5.74, 6) is 0. The van der Waals surface area contributed by atoms with E-state index in [-0.39, 0.29) is 19.2 Å². The second kappa shape index (κ2) is 8.55. The van der Waals surface area contributed by atoms with Gasteiger partial charge in [-0.3, -0.25) is 0 Å². The Morgan fingerprint density at radius 1 is 1.45 bits per heavy atom. The molecule has 1 unspecified atom stereocenters. The summed E-state index contributed by atoms with van der Waals surface area (Å²) in [6.45, 7) is 2.55. The molecule has 20 heavy (non-hydrogen) atoms. The Kier molecular flexibility index (Phi) is 7.04. The van der Waals surface area contributed by atoms with Crippen LogP contribution in [-0.2, 0) is 11.2 Å². The zero-order valence-corrected chi connectivity index (χ0v) is 12.4. The van der Waals surface area contributed by atoms with Gasteiger partial charge in [0.1, 0.15) is 0 Å². The summed E-state index contributed by atoms with van der Waals surface area (Å²) in [6.07, 6.45) is 1.27. The molecule has 2 amide bonds. The van der Waals surface area contributed by atoms with Gasteiger partial charge in [0, 0.05) is 19.8 Å². The van der Waals surface area contributed by atoms with E-state index in [4.69, 9.17) is 4.74 Å². The molecule has 5 heteroatoms. The molecule has 1 aromatic rings. The minimum atomic E-state index is -0.679. The van der Waals surface area contributed by atoms with Crippen molar-refractivity contribution in [1.29, 1.82) is 0 Å². The van der Waals surface area contributed by atoms with E-state index in [1.54, 1.807) is 7.05 Å². The van der Waals surface area contributed by atoms with Gasteiger partial charge in [0.15, 0.2) is 0 Å². The van der Waals surface area contributed by atoms with Crippen LogP contribution in [-0.4, -0.2) is 49.5 Å². The highest BCUT2D eigenvalue weighted by Gasteiger charge is 2.14. The average molecular weight is 280 g/mol. The Hall–Kier alpha value is -1.59. The summed E-state index contributed by atoms with van der Waals surface area (Å²) < 4.78 is 4.85. The highest BCUT2D eigenvalue weighted by atomic mass is 16.5. The molecular formula is C15H24N2O3. The molecule has 2 N–H and O–H groups in total. The molecule has 0 aliphatic carbocycles. The molecule has 0 bridgehead atoms. The Morgan fingerprint density at radius 2 is 2.15 bits per heavy atom. The zero-order valence-electron chi connectivity index (χ0n) is 12.4. The van der Waals surface area contributed by atoms with E-state index < -0.39 is 6.10 Å². The Labute approximate surface area is 120 Å². The molecule has 0 saturated heterocycles. The number of urea groups is 1. The number of methoxy groups -OCH3 is 1. The van der Waals surface area contributed by atoms with Crippen LogP contribution in [0.25, 0.3) is 0 Å². The van der Waals surface area contributed by atoms with Crippen LogP contribution < -0.4 is 5.32 Å². The molecular weight excluding hydrogens is 256 g/mol. The normalized spacial score (nSPS) is 12.0. The van der Waals surface area contributed by atoms with E-state index in [0.29, 0.717) is 0 Å². The van der Waals surface area contributed by atoms with E-state index >= 15 is 0 Å². The van der Waals surface area contributed by atoms with Crippen molar-refractivity contribution in [3.05, 3.63) is 29.8 Å². The summed E-state index contributed by atoms with van der Waals surface area (Å²) >= 11 is 0. The lowest BCUT2D eigenvalue weighted by molar-refractivity contribution is 0.0501. The lowest BCUT2D eigenvalue weighted by Gasteiger charge is -2.21. The van der Waals surface area contributed by atoms with Gasteiger partial charge in [0.05, 0.1) is 19.3 Å². The topological polar surface area (TPSA) is 61.8 Å². The van der Waals surface area contributed by atoms with Crippen LogP contribution in [0, 0.1) is 0 Å². The van der Waals surface area contributed by atoms with Gasteiger partial charge in [-0.25, -0.2) is 4.79 Å². The van der Waals surface area contributed by atoms with Crippen molar-refractivity contribution in [2.24, 2.45) is 0 Å². The number of nitrogens with one attached hydrogen (secondary N) is 1. The predicted molar refractivity (Wildman–Crippen MR) is 80.0 cm³/mol. The number of amides is 2. The third-order valence-electron chi connectivity index (χ3n) is 2.97. The third kappa shape index (κ3) is 5.19. The number of anilines is 1. The molecule has 0 saturated carbocycles. The lowest BCUT2D eigenvalue weighted by Crippen LogP contribution is -2.38. The molecule has 1 rings (SSSR count). The lowest BCUT2D eigenvalue weighted by atomic mass is 10.1. The van der Waals surface area contributed by atoms with Gasteiger partial charge in [0.25, 0.3) is 0 Å². The standard InChI is InChI=1S/C15H24N2O3/c1-4-7-12-8-5-6-9-14(12)16-15(19)17(2)10-13(18)11-20-3/h5-6,8-9,13,18H,4,7,10-11H2,1-3H3,(H,16,19). The van der Waals surface area contributed by atoms with E-state index in [0.717, 1.165) is 24.1 Å². The largest absolute Gasteiger partial charge is 0.389 e. The van der Waals surface area contributed by atoms with Crippen LogP contribution in [0.4, 0.5) is 10.5 Å². The van der Waals surface area contributed by atoms with Crippen LogP contribution in [0.3, 0.4) is 0 Å². The number of aliphatic hydroxyl groups is 1. The number of hydrogen-bond acceptors (Lipinski definition) is 3. The van der Waals surface area contributed by atoms with E-state index in [9.17, 15) is 9.90 Å². The Bertz CT molecular complexity index is 423. The molecule has 0 aromatic heterocycles. The number of rotatable bonds is 7. The van der Waals surface area contributed by atoms with Crippen molar-refractivity contribution >= 4 is 11.7 Å². The second-order valence-electron chi connectivity index (χ2n) is 4.83. The fraction of sp³-hybridized carbons (Fsp3) is 0.533. The van der Waals surface area contributed by atoms with E-state index in [2.05, 4.69) is 12.2 Å². The van der Waals surface area contributed by atoms with Crippen LogP contribution in [0.1, 0.15) is 18.9 Å². The van der Waals surface area contributed by atoms with Crippen LogP contribution >= 0.6 is 0 Å². The molecule has 0 heterocycles. The first kappa shape index (κ1) is 16.5. The molecule has 5 nitrogen and oxygen atoms in total. The van der Waals surface area contributed by atoms with Gasteiger partial charge in [-0.15, -0.1) is 0 Å². The maximum Gasteiger partial charge on any atom is 0.321 e. The number of benzene rings is 1. The highest BCUT2D eigenvalue weighted by molar-refractivity contribution is 5.90.